The van der Waals surface area contributed by atoms with E-state index in [9.17, 15) is 0 Å². The highest BCUT2D eigenvalue weighted by Crippen LogP contribution is 2.45. The predicted octanol–water partition coefficient (Wildman–Crippen LogP) is 5.39. The van der Waals surface area contributed by atoms with Crippen molar-refractivity contribution in [1.29, 1.82) is 0 Å². The summed E-state index contributed by atoms with van der Waals surface area (Å²) in [6.07, 6.45) is 4.52. The van der Waals surface area contributed by atoms with Crippen LogP contribution in [0, 0.1) is 0 Å². The first kappa shape index (κ1) is 13.7. The van der Waals surface area contributed by atoms with Crippen LogP contribution in [0.25, 0.3) is 0 Å². The number of ether oxygens (including phenoxy) is 1. The Morgan fingerprint density at radius 1 is 1.35 bits per heavy atom. The summed E-state index contributed by atoms with van der Waals surface area (Å²) in [5.41, 5.74) is 1.21. The van der Waals surface area contributed by atoms with E-state index in [0.717, 1.165) is 24.8 Å². The van der Waals surface area contributed by atoms with Gasteiger partial charge in [-0.15, -0.1) is 0 Å². The molecular weight excluding hydrogens is 323 g/mol. The Labute approximate surface area is 121 Å². The van der Waals surface area contributed by atoms with Crippen LogP contribution in [0.15, 0.2) is 18.2 Å². The molecule has 0 spiro atoms. The van der Waals surface area contributed by atoms with Crippen molar-refractivity contribution in [2.24, 2.45) is 0 Å². The fourth-order valence-electron chi connectivity index (χ4n) is 2.21. The second-order valence-corrected chi connectivity index (χ2v) is 6.51. The number of methoxy groups -OCH3 is 1. The van der Waals surface area contributed by atoms with Gasteiger partial charge in [0, 0.05) is 11.9 Å². The Morgan fingerprint density at radius 3 is 2.53 bits per heavy atom. The van der Waals surface area contributed by atoms with Gasteiger partial charge < -0.3 is 4.74 Å². The largest absolute Gasteiger partial charge is 0.378 e. The molecule has 1 aromatic carbocycles. The first-order valence-electron chi connectivity index (χ1n) is 5.70. The van der Waals surface area contributed by atoms with E-state index in [1.54, 1.807) is 7.11 Å². The van der Waals surface area contributed by atoms with Crippen molar-refractivity contribution in [3.8, 4) is 0 Å². The van der Waals surface area contributed by atoms with Gasteiger partial charge in [0.2, 0.25) is 0 Å². The summed E-state index contributed by atoms with van der Waals surface area (Å²) < 4.78 is 5.63. The summed E-state index contributed by atoms with van der Waals surface area (Å²) >= 11 is 15.7. The number of hydrogen-bond acceptors (Lipinski definition) is 1. The second-order valence-electron chi connectivity index (χ2n) is 4.59. The molecule has 0 radical (unpaired) electrons. The van der Waals surface area contributed by atoms with E-state index in [1.807, 2.05) is 18.2 Å². The fraction of sp³-hybridized carbons (Fsp3) is 0.538. The molecule has 1 unspecified atom stereocenters. The maximum atomic E-state index is 6.03. The highest BCUT2D eigenvalue weighted by atomic mass is 79.9. The first-order chi connectivity index (χ1) is 8.06. The number of halogens is 3. The average molecular weight is 338 g/mol. The van der Waals surface area contributed by atoms with E-state index >= 15 is 0 Å². The molecule has 0 amide bonds. The normalized spacial score (nSPS) is 19.8. The molecule has 1 aromatic rings. The van der Waals surface area contributed by atoms with Crippen molar-refractivity contribution in [3.63, 3.8) is 0 Å². The Bertz CT molecular complexity index is 399. The van der Waals surface area contributed by atoms with E-state index in [-0.39, 0.29) is 10.4 Å². The standard InChI is InChI=1S/C13H15BrCl2O/c1-17-13(5-2-6-13)8-10(14)9-3-4-11(15)12(16)7-9/h3-4,7,10H,2,5-6,8H2,1H3. The van der Waals surface area contributed by atoms with Gasteiger partial charge in [-0.25, -0.2) is 0 Å². The third-order valence-electron chi connectivity index (χ3n) is 3.55. The van der Waals surface area contributed by atoms with Crippen molar-refractivity contribution >= 4 is 39.1 Å². The van der Waals surface area contributed by atoms with Crippen LogP contribution in [-0.4, -0.2) is 12.7 Å². The van der Waals surface area contributed by atoms with Crippen molar-refractivity contribution in [2.75, 3.05) is 7.11 Å². The summed E-state index contributed by atoms with van der Waals surface area (Å²) in [6, 6.07) is 5.77. The molecule has 4 heteroatoms. The van der Waals surface area contributed by atoms with Gasteiger partial charge in [-0.05, 0) is 43.4 Å². The Morgan fingerprint density at radius 2 is 2.06 bits per heavy atom. The number of rotatable bonds is 4. The van der Waals surface area contributed by atoms with Gasteiger partial charge in [-0.2, -0.15) is 0 Å². The van der Waals surface area contributed by atoms with E-state index < -0.39 is 0 Å². The third kappa shape index (κ3) is 2.98. The lowest BCUT2D eigenvalue weighted by molar-refractivity contribution is -0.0773. The zero-order valence-electron chi connectivity index (χ0n) is 9.68. The van der Waals surface area contributed by atoms with Crippen LogP contribution in [0.3, 0.4) is 0 Å². The molecule has 1 saturated carbocycles. The predicted molar refractivity (Wildman–Crippen MR) is 76.3 cm³/mol. The first-order valence-corrected chi connectivity index (χ1v) is 7.38. The molecule has 2 rings (SSSR count). The summed E-state index contributed by atoms with van der Waals surface area (Å²) in [7, 11) is 1.80. The minimum absolute atomic E-state index is 0.0558. The summed E-state index contributed by atoms with van der Waals surface area (Å²) in [6.45, 7) is 0. The van der Waals surface area contributed by atoms with Crippen molar-refractivity contribution < 1.29 is 4.74 Å². The van der Waals surface area contributed by atoms with Gasteiger partial charge in [-0.3, -0.25) is 0 Å². The molecule has 94 valence electrons. The minimum Gasteiger partial charge on any atom is -0.378 e. The highest BCUT2D eigenvalue weighted by Gasteiger charge is 2.38. The zero-order valence-corrected chi connectivity index (χ0v) is 12.8. The molecule has 0 bridgehead atoms. The molecule has 17 heavy (non-hydrogen) atoms. The number of hydrogen-bond donors (Lipinski definition) is 0. The van der Waals surface area contributed by atoms with Gasteiger partial charge in [0.1, 0.15) is 0 Å². The minimum atomic E-state index is 0.0558. The lowest BCUT2D eigenvalue weighted by Gasteiger charge is -2.42. The van der Waals surface area contributed by atoms with Crippen molar-refractivity contribution in [2.45, 2.75) is 36.1 Å². The van der Waals surface area contributed by atoms with Crippen LogP contribution in [0.5, 0.6) is 0 Å². The van der Waals surface area contributed by atoms with E-state index in [0.29, 0.717) is 10.0 Å². The van der Waals surface area contributed by atoms with Crippen LogP contribution in [-0.2, 0) is 4.74 Å². The van der Waals surface area contributed by atoms with E-state index in [1.165, 1.54) is 6.42 Å². The van der Waals surface area contributed by atoms with Gasteiger partial charge in [-0.1, -0.05) is 45.2 Å². The Balaban J connectivity index is 2.08. The molecule has 0 saturated heterocycles. The molecule has 0 heterocycles. The topological polar surface area (TPSA) is 9.23 Å². The lowest BCUT2D eigenvalue weighted by atomic mass is 9.76. The molecule has 1 fully saturated rings. The molecule has 1 aliphatic rings. The van der Waals surface area contributed by atoms with E-state index in [2.05, 4.69) is 15.9 Å². The van der Waals surface area contributed by atoms with Gasteiger partial charge in [0.05, 0.1) is 15.6 Å². The lowest BCUT2D eigenvalue weighted by Crippen LogP contribution is -2.39. The average Bonchev–Trinajstić information content (AvgIpc) is 2.27. The smallest absolute Gasteiger partial charge is 0.0692 e. The van der Waals surface area contributed by atoms with Gasteiger partial charge in [0.15, 0.2) is 0 Å². The highest BCUT2D eigenvalue weighted by molar-refractivity contribution is 9.09. The van der Waals surface area contributed by atoms with Crippen LogP contribution < -0.4 is 0 Å². The van der Waals surface area contributed by atoms with Gasteiger partial charge in [0.25, 0.3) is 0 Å². The van der Waals surface area contributed by atoms with Crippen LogP contribution in [0.4, 0.5) is 0 Å². The Kier molecular flexibility index (Phi) is 4.40. The van der Waals surface area contributed by atoms with Crippen LogP contribution in [0.1, 0.15) is 36.1 Å². The Hall–Kier alpha value is 0.240. The molecule has 0 aliphatic heterocycles. The van der Waals surface area contributed by atoms with Crippen LogP contribution >= 0.6 is 39.1 Å². The molecule has 1 nitrogen and oxygen atoms in total. The number of alkyl halides is 1. The molecule has 1 aliphatic carbocycles. The zero-order chi connectivity index (χ0) is 12.5. The summed E-state index contributed by atoms with van der Waals surface area (Å²) in [5.74, 6) is 0. The van der Waals surface area contributed by atoms with Crippen LogP contribution in [0.2, 0.25) is 10.0 Å². The van der Waals surface area contributed by atoms with Crippen molar-refractivity contribution in [3.05, 3.63) is 33.8 Å². The van der Waals surface area contributed by atoms with Crippen molar-refractivity contribution in [1.82, 2.24) is 0 Å². The summed E-state index contributed by atoms with van der Waals surface area (Å²) in [5, 5.41) is 1.20. The second kappa shape index (κ2) is 5.48. The maximum absolute atomic E-state index is 6.03. The summed E-state index contributed by atoms with van der Waals surface area (Å²) in [4.78, 5) is 0.262. The molecule has 0 aromatic heterocycles. The molecule has 1 atom stereocenters. The van der Waals surface area contributed by atoms with Gasteiger partial charge >= 0.3 is 0 Å². The third-order valence-corrected chi connectivity index (χ3v) is 5.15. The maximum Gasteiger partial charge on any atom is 0.0692 e. The monoisotopic (exact) mass is 336 g/mol. The number of benzene rings is 1. The quantitative estimate of drug-likeness (QED) is 0.669. The fourth-order valence-corrected chi connectivity index (χ4v) is 3.40. The molecular formula is C13H15BrCl2O. The molecule has 0 N–H and O–H groups in total. The van der Waals surface area contributed by atoms with E-state index in [4.69, 9.17) is 27.9 Å². The SMILES string of the molecule is COC1(CC(Br)c2ccc(Cl)c(Cl)c2)CCC1.